The minimum Gasteiger partial charge on any atom is -0.469 e. The Balaban J connectivity index is 2.12. The number of rotatable bonds is 5. The van der Waals surface area contributed by atoms with E-state index >= 15 is 0 Å². The first-order valence-electron chi connectivity index (χ1n) is 5.70. The largest absolute Gasteiger partial charge is 0.469 e. The molecule has 4 heteroatoms. The highest BCUT2D eigenvalue weighted by molar-refractivity contribution is 5.69. The Bertz CT molecular complexity index is 189. The summed E-state index contributed by atoms with van der Waals surface area (Å²) in [7, 11) is 3.45. The lowest BCUT2D eigenvalue weighted by Crippen LogP contribution is -2.37. The second-order valence-electron chi connectivity index (χ2n) is 4.17. The zero-order chi connectivity index (χ0) is 11.1. The van der Waals surface area contributed by atoms with Crippen LogP contribution in [0.15, 0.2) is 0 Å². The van der Waals surface area contributed by atoms with Crippen LogP contribution in [-0.4, -0.2) is 51.2 Å². The number of carbonyl (C=O) groups is 1. The van der Waals surface area contributed by atoms with E-state index < -0.39 is 0 Å². The van der Waals surface area contributed by atoms with E-state index in [1.165, 1.54) is 20.0 Å². The highest BCUT2D eigenvalue weighted by Gasteiger charge is 2.18. The third kappa shape index (κ3) is 4.62. The van der Waals surface area contributed by atoms with Crippen molar-refractivity contribution in [1.29, 1.82) is 0 Å². The molecule has 0 aromatic rings. The van der Waals surface area contributed by atoms with E-state index in [-0.39, 0.29) is 5.97 Å². The van der Waals surface area contributed by atoms with Gasteiger partial charge in [0.1, 0.15) is 0 Å². The van der Waals surface area contributed by atoms with Crippen molar-refractivity contribution >= 4 is 5.97 Å². The maximum absolute atomic E-state index is 11.0. The van der Waals surface area contributed by atoms with Crippen LogP contribution in [0.2, 0.25) is 0 Å². The van der Waals surface area contributed by atoms with Crippen molar-refractivity contribution in [1.82, 2.24) is 10.2 Å². The number of esters is 1. The molecule has 1 heterocycles. The van der Waals surface area contributed by atoms with Crippen LogP contribution in [0.5, 0.6) is 0 Å². The second kappa shape index (κ2) is 6.80. The monoisotopic (exact) mass is 214 g/mol. The highest BCUT2D eigenvalue weighted by Crippen LogP contribution is 2.16. The van der Waals surface area contributed by atoms with Gasteiger partial charge in [0, 0.05) is 6.54 Å². The molecule has 0 unspecified atom stereocenters. The fourth-order valence-electron chi connectivity index (χ4n) is 2.05. The molecule has 1 aliphatic rings. The molecule has 0 aromatic carbocycles. The van der Waals surface area contributed by atoms with E-state index in [1.54, 1.807) is 0 Å². The molecule has 1 aliphatic heterocycles. The molecule has 1 fully saturated rings. The van der Waals surface area contributed by atoms with Gasteiger partial charge < -0.3 is 15.0 Å². The van der Waals surface area contributed by atoms with Crippen LogP contribution in [-0.2, 0) is 9.53 Å². The van der Waals surface area contributed by atoms with Gasteiger partial charge in [-0.25, -0.2) is 0 Å². The predicted molar refractivity (Wildman–Crippen MR) is 59.7 cm³/mol. The molecule has 88 valence electrons. The van der Waals surface area contributed by atoms with Gasteiger partial charge in [0.05, 0.1) is 13.5 Å². The summed E-state index contributed by atoms with van der Waals surface area (Å²) in [4.78, 5) is 13.3. The standard InChI is InChI=1S/C11H22N2O2/c1-12-9-10-3-6-13(7-4-10)8-5-11(14)15-2/h10,12H,3-9H2,1-2H3. The van der Waals surface area contributed by atoms with Gasteiger partial charge >= 0.3 is 5.97 Å². The summed E-state index contributed by atoms with van der Waals surface area (Å²) in [5, 5.41) is 3.22. The number of nitrogens with zero attached hydrogens (tertiary/aromatic N) is 1. The maximum atomic E-state index is 11.0. The van der Waals surface area contributed by atoms with Crippen LogP contribution in [0, 0.1) is 5.92 Å². The summed E-state index contributed by atoms with van der Waals surface area (Å²) in [6.07, 6.45) is 3.00. The van der Waals surface area contributed by atoms with Gasteiger partial charge in [-0.1, -0.05) is 0 Å². The molecule has 15 heavy (non-hydrogen) atoms. The zero-order valence-electron chi connectivity index (χ0n) is 9.79. The Kier molecular flexibility index (Phi) is 5.65. The normalized spacial score (nSPS) is 19.1. The van der Waals surface area contributed by atoms with Gasteiger partial charge in [0.25, 0.3) is 0 Å². The van der Waals surface area contributed by atoms with E-state index in [9.17, 15) is 4.79 Å². The van der Waals surface area contributed by atoms with E-state index in [0.29, 0.717) is 6.42 Å². The number of carbonyl (C=O) groups excluding carboxylic acids is 1. The second-order valence-corrected chi connectivity index (χ2v) is 4.17. The molecule has 0 saturated carbocycles. The van der Waals surface area contributed by atoms with Crippen LogP contribution in [0.4, 0.5) is 0 Å². The van der Waals surface area contributed by atoms with Gasteiger partial charge in [0.15, 0.2) is 0 Å². The summed E-state index contributed by atoms with van der Waals surface area (Å²) in [6.45, 7) is 4.19. The van der Waals surface area contributed by atoms with Crippen molar-refractivity contribution in [3.63, 3.8) is 0 Å². The SMILES string of the molecule is CNCC1CCN(CCC(=O)OC)CC1. The highest BCUT2D eigenvalue weighted by atomic mass is 16.5. The predicted octanol–water partition coefficient (Wildman–Crippen LogP) is 0.481. The third-order valence-electron chi connectivity index (χ3n) is 3.06. The number of methoxy groups -OCH3 is 1. The Morgan fingerprint density at radius 1 is 1.47 bits per heavy atom. The fourth-order valence-corrected chi connectivity index (χ4v) is 2.05. The Hall–Kier alpha value is -0.610. The van der Waals surface area contributed by atoms with Crippen LogP contribution in [0.1, 0.15) is 19.3 Å². The van der Waals surface area contributed by atoms with Crippen molar-refractivity contribution in [2.75, 3.05) is 40.3 Å². The Morgan fingerprint density at radius 3 is 2.67 bits per heavy atom. The number of likely N-dealkylation sites (tertiary alicyclic amines) is 1. The molecule has 0 atom stereocenters. The lowest BCUT2D eigenvalue weighted by atomic mass is 9.97. The number of hydrogen-bond donors (Lipinski definition) is 1. The van der Waals surface area contributed by atoms with Crippen molar-refractivity contribution in [2.45, 2.75) is 19.3 Å². The minimum atomic E-state index is -0.104. The molecule has 0 aliphatic carbocycles. The van der Waals surface area contributed by atoms with Crippen molar-refractivity contribution in [3.8, 4) is 0 Å². The molecule has 1 N–H and O–H groups in total. The molecule has 0 radical (unpaired) electrons. The minimum absolute atomic E-state index is 0.104. The van der Waals surface area contributed by atoms with Crippen LogP contribution in [0.25, 0.3) is 0 Å². The Morgan fingerprint density at radius 2 is 2.13 bits per heavy atom. The first-order chi connectivity index (χ1) is 7.26. The lowest BCUT2D eigenvalue weighted by molar-refractivity contribution is -0.141. The van der Waals surface area contributed by atoms with Crippen molar-refractivity contribution in [3.05, 3.63) is 0 Å². The molecular weight excluding hydrogens is 192 g/mol. The van der Waals surface area contributed by atoms with Crippen LogP contribution in [0.3, 0.4) is 0 Å². The Labute approximate surface area is 92.0 Å². The summed E-state index contributed by atoms with van der Waals surface area (Å²) in [5.41, 5.74) is 0. The molecule has 0 bridgehead atoms. The average Bonchev–Trinajstić information content (AvgIpc) is 2.28. The van der Waals surface area contributed by atoms with E-state index in [2.05, 4.69) is 15.0 Å². The topological polar surface area (TPSA) is 41.6 Å². The van der Waals surface area contributed by atoms with Gasteiger partial charge in [-0.3, -0.25) is 4.79 Å². The number of piperidine rings is 1. The van der Waals surface area contributed by atoms with Gasteiger partial charge in [-0.2, -0.15) is 0 Å². The molecule has 0 aromatic heterocycles. The third-order valence-corrected chi connectivity index (χ3v) is 3.06. The molecular formula is C11H22N2O2. The molecule has 0 spiro atoms. The smallest absolute Gasteiger partial charge is 0.306 e. The summed E-state index contributed by atoms with van der Waals surface area (Å²) < 4.78 is 4.63. The van der Waals surface area contributed by atoms with E-state index in [0.717, 1.165) is 32.1 Å². The van der Waals surface area contributed by atoms with E-state index in [1.807, 2.05) is 7.05 Å². The number of nitrogens with one attached hydrogen (secondary N) is 1. The summed E-state index contributed by atoms with van der Waals surface area (Å²) in [6, 6.07) is 0. The van der Waals surface area contributed by atoms with E-state index in [4.69, 9.17) is 0 Å². The number of hydrogen-bond acceptors (Lipinski definition) is 4. The molecule has 4 nitrogen and oxygen atoms in total. The van der Waals surface area contributed by atoms with Crippen LogP contribution < -0.4 is 5.32 Å². The van der Waals surface area contributed by atoms with Crippen LogP contribution >= 0.6 is 0 Å². The van der Waals surface area contributed by atoms with Gasteiger partial charge in [0.2, 0.25) is 0 Å². The molecule has 1 saturated heterocycles. The lowest BCUT2D eigenvalue weighted by Gasteiger charge is -2.31. The summed E-state index contributed by atoms with van der Waals surface area (Å²) in [5.74, 6) is 0.705. The first kappa shape index (κ1) is 12.5. The quantitative estimate of drug-likeness (QED) is 0.676. The molecule has 1 rings (SSSR count). The average molecular weight is 214 g/mol. The zero-order valence-corrected chi connectivity index (χ0v) is 9.79. The number of ether oxygens (including phenoxy) is 1. The summed E-state index contributed by atoms with van der Waals surface area (Å²) >= 11 is 0. The maximum Gasteiger partial charge on any atom is 0.306 e. The molecule has 0 amide bonds. The fraction of sp³-hybridized carbons (Fsp3) is 0.909. The van der Waals surface area contributed by atoms with Gasteiger partial charge in [-0.05, 0) is 45.4 Å². The van der Waals surface area contributed by atoms with Crippen molar-refractivity contribution < 1.29 is 9.53 Å². The first-order valence-corrected chi connectivity index (χ1v) is 5.70. The van der Waals surface area contributed by atoms with Gasteiger partial charge in [-0.15, -0.1) is 0 Å². The van der Waals surface area contributed by atoms with Crippen molar-refractivity contribution in [2.24, 2.45) is 5.92 Å².